The molecule has 6 N–H and O–H groups in total. The van der Waals surface area contributed by atoms with Crippen molar-refractivity contribution in [1.29, 1.82) is 0 Å². The van der Waals surface area contributed by atoms with Crippen molar-refractivity contribution in [2.75, 3.05) is 11.1 Å². The van der Waals surface area contributed by atoms with Crippen LogP contribution in [-0.2, 0) is 15.5 Å². The summed E-state index contributed by atoms with van der Waals surface area (Å²) in [6.07, 6.45) is 0.300. The van der Waals surface area contributed by atoms with Crippen LogP contribution in [0.2, 0.25) is 0 Å². The van der Waals surface area contributed by atoms with Crippen molar-refractivity contribution in [3.63, 3.8) is 0 Å². The molecule has 3 atom stereocenters. The van der Waals surface area contributed by atoms with E-state index in [1.54, 1.807) is 0 Å². The molecule has 1 aromatic carbocycles. The van der Waals surface area contributed by atoms with E-state index in [1.165, 1.54) is 18.2 Å². The molecule has 4 rings (SSSR count). The summed E-state index contributed by atoms with van der Waals surface area (Å²) in [6, 6.07) is 5.67. The first-order chi connectivity index (χ1) is 15.0. The third kappa shape index (κ3) is 3.63. The summed E-state index contributed by atoms with van der Waals surface area (Å²) in [6.45, 7) is 0. The standard InChI is InChI=1S/C20H21F2N5O4S/c21-11-1-4-16(25-9-11)17(29)26-12-2-3-15(22)14(7-12)20(24)10-32(30,31)19(18(23)27-20)6-5-13(28)8-19/h1-4,7,9,13,28H,5-6,8,10,24H2,(H2,23,27)(H,26,29)/t13?,19?,20-/m0/s1. The van der Waals surface area contributed by atoms with Gasteiger partial charge < -0.3 is 21.9 Å². The lowest BCUT2D eigenvalue weighted by Crippen LogP contribution is -2.60. The first kappa shape index (κ1) is 22.2. The highest BCUT2D eigenvalue weighted by Crippen LogP contribution is 2.44. The maximum Gasteiger partial charge on any atom is 0.274 e. The SMILES string of the molecule is NC1=N[C@](N)(c2cc(NC(=O)c3ccc(F)cn3)ccc2F)CS(=O)(=O)C12CCC(O)C2. The van der Waals surface area contributed by atoms with Crippen molar-refractivity contribution in [2.24, 2.45) is 16.5 Å². The number of aliphatic hydroxyl groups is 1. The number of benzene rings is 1. The number of carbonyl (C=O) groups excluding carboxylic acids is 1. The number of aliphatic imine (C=N–C) groups is 1. The third-order valence-electron chi connectivity index (χ3n) is 5.89. The van der Waals surface area contributed by atoms with Gasteiger partial charge in [-0.2, -0.15) is 0 Å². The number of rotatable bonds is 3. The van der Waals surface area contributed by atoms with Gasteiger partial charge in [0, 0.05) is 17.7 Å². The second-order valence-electron chi connectivity index (χ2n) is 8.08. The molecule has 1 aromatic heterocycles. The summed E-state index contributed by atoms with van der Waals surface area (Å²) in [5.74, 6) is -3.13. The molecule has 170 valence electrons. The number of sulfone groups is 1. The Balaban J connectivity index is 1.69. The lowest BCUT2D eigenvalue weighted by molar-refractivity contribution is 0.102. The molecule has 32 heavy (non-hydrogen) atoms. The van der Waals surface area contributed by atoms with E-state index in [0.29, 0.717) is 0 Å². The number of nitrogens with two attached hydrogens (primary N) is 2. The zero-order chi connectivity index (χ0) is 23.3. The summed E-state index contributed by atoms with van der Waals surface area (Å²) in [7, 11) is -4.00. The van der Waals surface area contributed by atoms with E-state index >= 15 is 0 Å². The minimum Gasteiger partial charge on any atom is -0.393 e. The Morgan fingerprint density at radius 3 is 2.59 bits per heavy atom. The Hall–Kier alpha value is -2.96. The van der Waals surface area contributed by atoms with Gasteiger partial charge in [-0.3, -0.25) is 4.79 Å². The first-order valence-corrected chi connectivity index (χ1v) is 11.4. The molecular weight excluding hydrogens is 444 g/mol. The highest BCUT2D eigenvalue weighted by molar-refractivity contribution is 7.93. The number of aliphatic hydroxyl groups excluding tert-OH is 1. The number of halogens is 2. The van der Waals surface area contributed by atoms with E-state index < -0.39 is 49.6 Å². The number of carbonyl (C=O) groups is 1. The van der Waals surface area contributed by atoms with Gasteiger partial charge >= 0.3 is 0 Å². The summed E-state index contributed by atoms with van der Waals surface area (Å²) < 4.78 is 52.5. The van der Waals surface area contributed by atoms with Crippen molar-refractivity contribution in [3.8, 4) is 0 Å². The summed E-state index contributed by atoms with van der Waals surface area (Å²) in [4.78, 5) is 20.2. The Morgan fingerprint density at radius 1 is 1.25 bits per heavy atom. The fraction of sp³-hybridized carbons (Fsp3) is 0.350. The molecule has 1 fully saturated rings. The average Bonchev–Trinajstić information content (AvgIpc) is 3.12. The average molecular weight is 465 g/mol. The van der Waals surface area contributed by atoms with Gasteiger partial charge in [0.05, 0.1) is 18.1 Å². The van der Waals surface area contributed by atoms with E-state index in [1.807, 2.05) is 0 Å². The molecule has 1 saturated carbocycles. The molecule has 0 radical (unpaired) electrons. The largest absolute Gasteiger partial charge is 0.393 e. The molecule has 1 spiro atoms. The Kier molecular flexibility index (Phi) is 5.26. The molecule has 0 saturated heterocycles. The summed E-state index contributed by atoms with van der Waals surface area (Å²) in [5, 5.41) is 12.4. The van der Waals surface area contributed by atoms with Gasteiger partial charge in [-0.05, 0) is 43.2 Å². The topological polar surface area (TPSA) is 161 Å². The normalized spacial score (nSPS) is 29.0. The van der Waals surface area contributed by atoms with Crippen LogP contribution in [0.1, 0.15) is 35.3 Å². The molecule has 1 aliphatic carbocycles. The number of hydrogen-bond donors (Lipinski definition) is 4. The number of amidine groups is 1. The van der Waals surface area contributed by atoms with Crippen LogP contribution in [0.5, 0.6) is 0 Å². The minimum atomic E-state index is -4.00. The zero-order valence-electron chi connectivity index (χ0n) is 16.8. The van der Waals surface area contributed by atoms with Crippen LogP contribution in [0, 0.1) is 11.6 Å². The van der Waals surface area contributed by atoms with Crippen molar-refractivity contribution < 1.29 is 27.1 Å². The fourth-order valence-electron chi connectivity index (χ4n) is 4.21. The van der Waals surface area contributed by atoms with Crippen molar-refractivity contribution in [2.45, 2.75) is 35.8 Å². The van der Waals surface area contributed by atoms with Crippen LogP contribution in [0.25, 0.3) is 0 Å². The maximum absolute atomic E-state index is 14.7. The summed E-state index contributed by atoms with van der Waals surface area (Å²) in [5.41, 5.74) is 10.00. The smallest absolute Gasteiger partial charge is 0.274 e. The lowest BCUT2D eigenvalue weighted by Gasteiger charge is -2.39. The second kappa shape index (κ2) is 7.57. The molecule has 2 aromatic rings. The van der Waals surface area contributed by atoms with Gasteiger partial charge in [0.15, 0.2) is 15.5 Å². The number of pyridine rings is 1. The van der Waals surface area contributed by atoms with Gasteiger partial charge in [0.2, 0.25) is 0 Å². The lowest BCUT2D eigenvalue weighted by atomic mass is 9.98. The fourth-order valence-corrected chi connectivity index (χ4v) is 6.53. The first-order valence-electron chi connectivity index (χ1n) is 9.74. The number of amides is 1. The highest BCUT2D eigenvalue weighted by atomic mass is 32.2. The van der Waals surface area contributed by atoms with Gasteiger partial charge in [-0.1, -0.05) is 0 Å². The third-order valence-corrected chi connectivity index (χ3v) is 8.48. The molecular formula is C20H21F2N5O4S. The predicted octanol–water partition coefficient (Wildman–Crippen LogP) is 0.793. The number of anilines is 1. The molecule has 2 aliphatic rings. The minimum absolute atomic E-state index is 0.0796. The molecule has 1 aliphatic heterocycles. The number of hydrogen-bond acceptors (Lipinski definition) is 8. The molecule has 2 unspecified atom stereocenters. The quantitative estimate of drug-likeness (QED) is 0.521. The van der Waals surface area contributed by atoms with Gasteiger partial charge in [-0.25, -0.2) is 27.2 Å². The molecule has 1 amide bonds. The van der Waals surface area contributed by atoms with Crippen LogP contribution in [-0.4, -0.2) is 46.9 Å². The van der Waals surface area contributed by atoms with Crippen LogP contribution < -0.4 is 16.8 Å². The van der Waals surface area contributed by atoms with E-state index in [9.17, 15) is 27.1 Å². The summed E-state index contributed by atoms with van der Waals surface area (Å²) >= 11 is 0. The van der Waals surface area contributed by atoms with E-state index in [4.69, 9.17) is 11.5 Å². The monoisotopic (exact) mass is 465 g/mol. The molecule has 2 heterocycles. The predicted molar refractivity (Wildman–Crippen MR) is 112 cm³/mol. The van der Waals surface area contributed by atoms with Gasteiger partial charge in [-0.15, -0.1) is 0 Å². The van der Waals surface area contributed by atoms with Crippen LogP contribution in [0.15, 0.2) is 41.5 Å². The molecule has 0 bridgehead atoms. The van der Waals surface area contributed by atoms with Crippen LogP contribution in [0.4, 0.5) is 14.5 Å². The Morgan fingerprint density at radius 2 is 2.00 bits per heavy atom. The Labute approximate surface area is 182 Å². The van der Waals surface area contributed by atoms with Crippen molar-refractivity contribution in [3.05, 3.63) is 59.4 Å². The van der Waals surface area contributed by atoms with Crippen molar-refractivity contribution >= 4 is 27.3 Å². The van der Waals surface area contributed by atoms with E-state index in [2.05, 4.69) is 15.3 Å². The van der Waals surface area contributed by atoms with Gasteiger partial charge in [0.25, 0.3) is 5.91 Å². The van der Waals surface area contributed by atoms with E-state index in [0.717, 1.165) is 18.3 Å². The highest BCUT2D eigenvalue weighted by Gasteiger charge is 2.58. The van der Waals surface area contributed by atoms with Crippen LogP contribution in [0.3, 0.4) is 0 Å². The van der Waals surface area contributed by atoms with Crippen molar-refractivity contribution in [1.82, 2.24) is 4.98 Å². The Bertz CT molecular complexity index is 1220. The zero-order valence-corrected chi connectivity index (χ0v) is 17.6. The second-order valence-corrected chi connectivity index (χ2v) is 10.4. The molecule has 12 heteroatoms. The van der Waals surface area contributed by atoms with E-state index in [-0.39, 0.29) is 42.0 Å². The van der Waals surface area contributed by atoms with Crippen LogP contribution >= 0.6 is 0 Å². The van der Waals surface area contributed by atoms with Gasteiger partial charge in [0.1, 0.15) is 27.9 Å². The number of aromatic nitrogens is 1. The number of nitrogens with zero attached hydrogens (tertiary/aromatic N) is 2. The number of nitrogens with one attached hydrogen (secondary N) is 1. The molecule has 9 nitrogen and oxygen atoms in total. The maximum atomic E-state index is 14.7.